The lowest BCUT2D eigenvalue weighted by molar-refractivity contribution is -0.113. The highest BCUT2D eigenvalue weighted by atomic mass is 19.3. The van der Waals surface area contributed by atoms with Crippen molar-refractivity contribution in [2.24, 2.45) is 10.9 Å². The van der Waals surface area contributed by atoms with Crippen molar-refractivity contribution in [2.75, 3.05) is 12.4 Å². The molecule has 0 saturated heterocycles. The molecule has 3 aliphatic rings. The van der Waals surface area contributed by atoms with Crippen molar-refractivity contribution < 1.29 is 18.1 Å². The van der Waals surface area contributed by atoms with Gasteiger partial charge in [-0.15, -0.1) is 0 Å². The van der Waals surface area contributed by atoms with E-state index in [4.69, 9.17) is 4.52 Å². The molecule has 1 N–H and O–H groups in total. The number of aryl methyl sites for hydroxylation is 1. The number of amides is 1. The Kier molecular flexibility index (Phi) is 6.39. The first-order chi connectivity index (χ1) is 17.6. The number of alkyl halides is 2. The molecule has 1 aliphatic carbocycles. The minimum absolute atomic E-state index is 0.170. The number of carbonyl (C=O) groups excluding carboxylic acids is 1. The van der Waals surface area contributed by atoms with Crippen LogP contribution in [0.4, 0.5) is 14.5 Å². The summed E-state index contributed by atoms with van der Waals surface area (Å²) in [6.07, 6.45) is 9.99. The molecule has 1 fully saturated rings. The van der Waals surface area contributed by atoms with Gasteiger partial charge in [0.05, 0.1) is 0 Å². The largest absolute Gasteiger partial charge is 0.339 e. The second-order valence-corrected chi connectivity index (χ2v) is 9.89. The van der Waals surface area contributed by atoms with Gasteiger partial charge in [0.2, 0.25) is 17.6 Å². The number of carbonyl (C=O) groups is 1. The van der Waals surface area contributed by atoms with Crippen LogP contribution in [0.15, 0.2) is 74.7 Å². The summed E-state index contributed by atoms with van der Waals surface area (Å²) >= 11 is 0. The minimum atomic E-state index is -2.66. The Morgan fingerprint density at radius 1 is 1.32 bits per heavy atom. The normalized spacial score (nSPS) is 19.9. The molecule has 2 aromatic rings. The number of aliphatic imine (C=N–C) groups is 1. The zero-order valence-corrected chi connectivity index (χ0v) is 21.3. The van der Waals surface area contributed by atoms with E-state index < -0.39 is 11.8 Å². The van der Waals surface area contributed by atoms with Crippen molar-refractivity contribution in [3.8, 4) is 11.4 Å². The maximum absolute atomic E-state index is 13.4. The first-order valence-electron chi connectivity index (χ1n) is 12.3. The van der Waals surface area contributed by atoms with Crippen LogP contribution < -0.4 is 5.32 Å². The molecular formula is C28H29F2N5O2. The lowest BCUT2D eigenvalue weighted by Crippen LogP contribution is -2.33. The number of aromatic nitrogens is 2. The van der Waals surface area contributed by atoms with Crippen molar-refractivity contribution in [3.05, 3.63) is 76.6 Å². The Balaban J connectivity index is 1.33. The van der Waals surface area contributed by atoms with Crippen LogP contribution in [-0.4, -0.2) is 40.1 Å². The average molecular weight is 506 g/mol. The van der Waals surface area contributed by atoms with Crippen LogP contribution >= 0.6 is 0 Å². The Bertz CT molecular complexity index is 1390. The standard InChI is InChI=1S/C28H29F2N5O2/c1-16-5-7-20(25-33-27(37-34-25)21-13-28(29,30)14-21)11-22(16)32-26(36)23-8-6-17(2)24-12-19(9-10-35(23)24)18(3)15-31-4/h5,7-12,15,18,21H,6,13-14H2,1-4H3,(H,32,36). The monoisotopic (exact) mass is 505 g/mol. The number of hydrogen-bond donors (Lipinski definition) is 1. The molecule has 1 unspecified atom stereocenters. The van der Waals surface area contributed by atoms with Gasteiger partial charge in [0.15, 0.2) is 0 Å². The summed E-state index contributed by atoms with van der Waals surface area (Å²) in [5, 5.41) is 7.00. The molecule has 5 rings (SSSR count). The van der Waals surface area contributed by atoms with Gasteiger partial charge in [0, 0.05) is 61.1 Å². The number of benzene rings is 1. The van der Waals surface area contributed by atoms with Crippen LogP contribution in [0.25, 0.3) is 11.4 Å². The molecule has 1 saturated carbocycles. The van der Waals surface area contributed by atoms with E-state index in [1.165, 1.54) is 5.57 Å². The molecule has 0 bridgehead atoms. The fourth-order valence-corrected chi connectivity index (χ4v) is 4.74. The predicted molar refractivity (Wildman–Crippen MR) is 138 cm³/mol. The lowest BCUT2D eigenvalue weighted by Gasteiger charge is -2.32. The van der Waals surface area contributed by atoms with E-state index in [1.54, 1.807) is 13.1 Å². The number of anilines is 1. The summed E-state index contributed by atoms with van der Waals surface area (Å²) < 4.78 is 31.7. The first kappa shape index (κ1) is 24.8. The van der Waals surface area contributed by atoms with Gasteiger partial charge in [-0.2, -0.15) is 4.98 Å². The van der Waals surface area contributed by atoms with Gasteiger partial charge in [0.1, 0.15) is 5.70 Å². The summed E-state index contributed by atoms with van der Waals surface area (Å²) in [6, 6.07) is 5.45. The third-order valence-corrected chi connectivity index (χ3v) is 7.03. The maximum atomic E-state index is 13.4. The number of nitrogens with zero attached hydrogens (tertiary/aromatic N) is 4. The molecule has 1 atom stereocenters. The summed E-state index contributed by atoms with van der Waals surface area (Å²) in [5.74, 6) is -2.62. The highest BCUT2D eigenvalue weighted by Gasteiger charge is 2.48. The molecule has 192 valence electrons. The van der Waals surface area contributed by atoms with E-state index >= 15 is 0 Å². The molecule has 9 heteroatoms. The van der Waals surface area contributed by atoms with Crippen molar-refractivity contribution in [1.82, 2.24) is 15.0 Å². The third kappa shape index (κ3) is 4.90. The predicted octanol–water partition coefficient (Wildman–Crippen LogP) is 6.15. The highest BCUT2D eigenvalue weighted by molar-refractivity contribution is 6.04. The fourth-order valence-electron chi connectivity index (χ4n) is 4.74. The maximum Gasteiger partial charge on any atom is 0.272 e. The van der Waals surface area contributed by atoms with Crippen molar-refractivity contribution >= 4 is 17.8 Å². The van der Waals surface area contributed by atoms with Gasteiger partial charge in [-0.05, 0) is 55.2 Å². The molecule has 7 nitrogen and oxygen atoms in total. The number of nitrogens with one attached hydrogen (secondary N) is 1. The van der Waals surface area contributed by atoms with Crippen LogP contribution in [0.3, 0.4) is 0 Å². The highest BCUT2D eigenvalue weighted by Crippen LogP contribution is 2.48. The number of hydrogen-bond acceptors (Lipinski definition) is 6. The molecule has 2 aliphatic heterocycles. The quantitative estimate of drug-likeness (QED) is 0.476. The van der Waals surface area contributed by atoms with Gasteiger partial charge in [-0.25, -0.2) is 8.78 Å². The van der Waals surface area contributed by atoms with E-state index in [2.05, 4.69) is 40.4 Å². The summed E-state index contributed by atoms with van der Waals surface area (Å²) in [5.41, 5.74) is 5.96. The lowest BCUT2D eigenvalue weighted by atomic mass is 9.81. The van der Waals surface area contributed by atoms with E-state index in [0.29, 0.717) is 29.2 Å². The summed E-state index contributed by atoms with van der Waals surface area (Å²) in [4.78, 5) is 23.8. The molecule has 3 heterocycles. The number of rotatable bonds is 6. The van der Waals surface area contributed by atoms with Crippen LogP contribution in [0.2, 0.25) is 0 Å². The van der Waals surface area contributed by atoms with Gasteiger partial charge in [-0.1, -0.05) is 30.3 Å². The Morgan fingerprint density at radius 3 is 2.84 bits per heavy atom. The molecule has 0 spiro atoms. The van der Waals surface area contributed by atoms with Crippen LogP contribution in [-0.2, 0) is 4.79 Å². The van der Waals surface area contributed by atoms with Gasteiger partial charge >= 0.3 is 0 Å². The number of fused-ring (bicyclic) bond motifs is 1. The fraction of sp³-hybridized carbons (Fsp3) is 0.357. The summed E-state index contributed by atoms with van der Waals surface area (Å²) in [6.45, 7) is 6.05. The SMILES string of the molecule is CN=CC(C)C1=CC2=C(C)CC=C(C(=O)Nc3cc(-c4noc(C5CC(F)(F)C5)n4)ccc3C)N2C=C1. The van der Waals surface area contributed by atoms with E-state index in [1.807, 2.05) is 48.5 Å². The zero-order valence-electron chi connectivity index (χ0n) is 21.3. The average Bonchev–Trinajstić information content (AvgIpc) is 3.34. The van der Waals surface area contributed by atoms with Crippen LogP contribution in [0, 0.1) is 12.8 Å². The molecule has 1 amide bonds. The van der Waals surface area contributed by atoms with Crippen molar-refractivity contribution in [1.29, 1.82) is 0 Å². The molecule has 1 aromatic carbocycles. The molecule has 37 heavy (non-hydrogen) atoms. The number of halogens is 2. The van der Waals surface area contributed by atoms with Gasteiger partial charge in [0.25, 0.3) is 5.91 Å². The Hall–Kier alpha value is -3.88. The molecule has 0 radical (unpaired) electrons. The summed E-state index contributed by atoms with van der Waals surface area (Å²) in [7, 11) is 1.76. The second-order valence-electron chi connectivity index (χ2n) is 9.89. The second kappa shape index (κ2) is 9.53. The van der Waals surface area contributed by atoms with Gasteiger partial charge in [-0.3, -0.25) is 4.79 Å². The minimum Gasteiger partial charge on any atom is -0.339 e. The topological polar surface area (TPSA) is 83.6 Å². The van der Waals surface area contributed by atoms with Crippen molar-refractivity contribution in [3.63, 3.8) is 0 Å². The Labute approximate surface area is 214 Å². The molecule has 1 aromatic heterocycles. The smallest absolute Gasteiger partial charge is 0.272 e. The van der Waals surface area contributed by atoms with Crippen LogP contribution in [0.1, 0.15) is 50.5 Å². The number of allylic oxidation sites excluding steroid dienone is 5. The zero-order chi connectivity index (χ0) is 26.3. The third-order valence-electron chi connectivity index (χ3n) is 7.03. The van der Waals surface area contributed by atoms with E-state index in [9.17, 15) is 13.6 Å². The Morgan fingerprint density at radius 2 is 2.11 bits per heavy atom. The first-order valence-corrected chi connectivity index (χ1v) is 12.3. The van der Waals surface area contributed by atoms with E-state index in [-0.39, 0.29) is 30.6 Å². The van der Waals surface area contributed by atoms with Crippen molar-refractivity contribution in [2.45, 2.75) is 51.9 Å². The van der Waals surface area contributed by atoms with E-state index in [0.717, 1.165) is 16.8 Å². The molecular weight excluding hydrogens is 476 g/mol. The van der Waals surface area contributed by atoms with Gasteiger partial charge < -0.3 is 19.7 Å². The van der Waals surface area contributed by atoms with Crippen LogP contribution in [0.5, 0.6) is 0 Å².